The van der Waals surface area contributed by atoms with Gasteiger partial charge in [-0.2, -0.15) is 0 Å². The molecule has 2 heterocycles. The van der Waals surface area contributed by atoms with Crippen LogP contribution >= 0.6 is 0 Å². The van der Waals surface area contributed by atoms with Crippen molar-refractivity contribution in [1.82, 2.24) is 10.3 Å². The quantitative estimate of drug-likeness (QED) is 0.780. The van der Waals surface area contributed by atoms with Crippen LogP contribution in [0.15, 0.2) is 24.4 Å². The number of hydrogen-bond donors (Lipinski definition) is 2. The van der Waals surface area contributed by atoms with Gasteiger partial charge < -0.3 is 10.3 Å². The summed E-state index contributed by atoms with van der Waals surface area (Å²) in [5, 5.41) is 3.55. The third kappa shape index (κ3) is 1.65. The lowest BCUT2D eigenvalue weighted by atomic mass is 10.0. The fourth-order valence-corrected chi connectivity index (χ4v) is 2.43. The second-order valence-electron chi connectivity index (χ2n) is 4.38. The Morgan fingerprint density at radius 3 is 3.06 bits per heavy atom. The molecule has 88 valence electrons. The third-order valence-corrected chi connectivity index (χ3v) is 3.30. The zero-order valence-corrected chi connectivity index (χ0v) is 9.29. The largest absolute Gasteiger partial charge is 0.360 e. The van der Waals surface area contributed by atoms with E-state index in [2.05, 4.69) is 10.3 Å². The highest BCUT2D eigenvalue weighted by Crippen LogP contribution is 2.24. The van der Waals surface area contributed by atoms with E-state index in [-0.39, 0.29) is 17.6 Å². The Labute approximate surface area is 98.0 Å². The second-order valence-corrected chi connectivity index (χ2v) is 4.38. The van der Waals surface area contributed by atoms with Gasteiger partial charge >= 0.3 is 0 Å². The molecule has 1 saturated heterocycles. The van der Waals surface area contributed by atoms with E-state index >= 15 is 0 Å². The summed E-state index contributed by atoms with van der Waals surface area (Å²) in [5.41, 5.74) is 1.13. The molecule has 1 aromatic carbocycles. The highest BCUT2D eigenvalue weighted by Gasteiger charge is 2.26. The molecule has 0 spiro atoms. The minimum atomic E-state index is -0.343. The van der Waals surface area contributed by atoms with Crippen molar-refractivity contribution < 1.29 is 9.18 Å². The Morgan fingerprint density at radius 2 is 2.29 bits per heavy atom. The number of carbonyl (C=O) groups is 1. The lowest BCUT2D eigenvalue weighted by molar-refractivity contribution is 0.0954. The SMILES string of the molecule is O=C(c1c[nH]c2cccc(F)c12)[C@@H]1CCCN1. The smallest absolute Gasteiger partial charge is 0.181 e. The normalized spacial score (nSPS) is 19.9. The number of nitrogens with one attached hydrogen (secondary N) is 2. The number of Topliss-reactive ketones (excluding diaryl/α,β-unsaturated/α-hetero) is 1. The lowest BCUT2D eigenvalue weighted by Gasteiger charge is -2.07. The molecule has 0 bridgehead atoms. The maximum atomic E-state index is 13.7. The fourth-order valence-electron chi connectivity index (χ4n) is 2.43. The van der Waals surface area contributed by atoms with Gasteiger partial charge in [-0.1, -0.05) is 6.07 Å². The number of hydrogen-bond acceptors (Lipinski definition) is 2. The average Bonchev–Trinajstić information content (AvgIpc) is 2.98. The van der Waals surface area contributed by atoms with Crippen LogP contribution in [0.5, 0.6) is 0 Å². The summed E-state index contributed by atoms with van der Waals surface area (Å²) in [5.74, 6) is -0.357. The van der Waals surface area contributed by atoms with E-state index in [9.17, 15) is 9.18 Å². The van der Waals surface area contributed by atoms with Gasteiger partial charge in [0.2, 0.25) is 0 Å². The molecule has 0 radical (unpaired) electrons. The lowest BCUT2D eigenvalue weighted by Crippen LogP contribution is -2.30. The van der Waals surface area contributed by atoms with Crippen LogP contribution in [-0.2, 0) is 0 Å². The van der Waals surface area contributed by atoms with E-state index in [1.807, 2.05) is 0 Å². The summed E-state index contributed by atoms with van der Waals surface area (Å²) in [6, 6.07) is 4.64. The molecule has 3 nitrogen and oxygen atoms in total. The van der Waals surface area contributed by atoms with Crippen molar-refractivity contribution in [2.45, 2.75) is 18.9 Å². The molecule has 0 unspecified atom stereocenters. The van der Waals surface area contributed by atoms with Crippen LogP contribution in [0, 0.1) is 5.82 Å². The molecule has 2 N–H and O–H groups in total. The summed E-state index contributed by atoms with van der Waals surface area (Å²) in [4.78, 5) is 15.2. The van der Waals surface area contributed by atoms with Gasteiger partial charge in [0.1, 0.15) is 5.82 Å². The Hall–Kier alpha value is -1.68. The highest BCUT2D eigenvalue weighted by atomic mass is 19.1. The summed E-state index contributed by atoms with van der Waals surface area (Å²) in [7, 11) is 0. The van der Waals surface area contributed by atoms with Gasteiger partial charge in [-0.25, -0.2) is 4.39 Å². The Morgan fingerprint density at radius 1 is 1.41 bits per heavy atom. The van der Waals surface area contributed by atoms with E-state index in [1.54, 1.807) is 18.3 Å². The van der Waals surface area contributed by atoms with Crippen LogP contribution in [0.1, 0.15) is 23.2 Å². The first-order valence-electron chi connectivity index (χ1n) is 5.80. The predicted molar refractivity (Wildman–Crippen MR) is 63.6 cm³/mol. The van der Waals surface area contributed by atoms with Crippen LogP contribution in [0.3, 0.4) is 0 Å². The van der Waals surface area contributed by atoms with Crippen LogP contribution in [0.4, 0.5) is 4.39 Å². The zero-order chi connectivity index (χ0) is 11.8. The average molecular weight is 232 g/mol. The van der Waals surface area contributed by atoms with Crippen molar-refractivity contribution in [3.05, 3.63) is 35.8 Å². The maximum absolute atomic E-state index is 13.7. The van der Waals surface area contributed by atoms with E-state index in [1.165, 1.54) is 6.07 Å². The van der Waals surface area contributed by atoms with Crippen molar-refractivity contribution in [2.75, 3.05) is 6.54 Å². The Balaban J connectivity index is 2.08. The molecule has 1 aliphatic heterocycles. The molecular weight excluding hydrogens is 219 g/mol. The third-order valence-electron chi connectivity index (χ3n) is 3.30. The zero-order valence-electron chi connectivity index (χ0n) is 9.29. The Bertz CT molecular complexity index is 570. The van der Waals surface area contributed by atoms with E-state index in [0.29, 0.717) is 16.5 Å². The van der Waals surface area contributed by atoms with Gasteiger partial charge in [0, 0.05) is 22.7 Å². The predicted octanol–water partition coefficient (Wildman–Crippen LogP) is 2.24. The van der Waals surface area contributed by atoms with Crippen LogP contribution < -0.4 is 5.32 Å². The van der Waals surface area contributed by atoms with Crippen LogP contribution in [-0.4, -0.2) is 23.4 Å². The van der Waals surface area contributed by atoms with Crippen molar-refractivity contribution in [1.29, 1.82) is 0 Å². The molecule has 1 aliphatic rings. The number of aromatic amines is 1. The maximum Gasteiger partial charge on any atom is 0.181 e. The van der Waals surface area contributed by atoms with E-state index in [0.717, 1.165) is 19.4 Å². The Kier molecular flexibility index (Phi) is 2.44. The number of H-pyrrole nitrogens is 1. The van der Waals surface area contributed by atoms with Crippen molar-refractivity contribution in [2.24, 2.45) is 0 Å². The molecule has 0 saturated carbocycles. The van der Waals surface area contributed by atoms with Gasteiger partial charge in [0.25, 0.3) is 0 Å². The second kappa shape index (κ2) is 3.96. The van der Waals surface area contributed by atoms with Gasteiger partial charge in [0.15, 0.2) is 5.78 Å². The van der Waals surface area contributed by atoms with Crippen molar-refractivity contribution in [3.8, 4) is 0 Å². The van der Waals surface area contributed by atoms with Gasteiger partial charge in [0.05, 0.1) is 6.04 Å². The number of fused-ring (bicyclic) bond motifs is 1. The topological polar surface area (TPSA) is 44.9 Å². The first-order chi connectivity index (χ1) is 8.27. The summed E-state index contributed by atoms with van der Waals surface area (Å²) in [6.45, 7) is 0.862. The molecular formula is C13H13FN2O. The number of benzene rings is 1. The molecule has 2 aromatic rings. The number of rotatable bonds is 2. The van der Waals surface area contributed by atoms with Crippen molar-refractivity contribution >= 4 is 16.7 Å². The molecule has 3 rings (SSSR count). The van der Waals surface area contributed by atoms with Gasteiger partial charge in [-0.15, -0.1) is 0 Å². The molecule has 4 heteroatoms. The minimum absolute atomic E-state index is 0.0150. The minimum Gasteiger partial charge on any atom is -0.360 e. The number of aromatic nitrogens is 1. The first-order valence-corrected chi connectivity index (χ1v) is 5.80. The summed E-state index contributed by atoms with van der Waals surface area (Å²) in [6.07, 6.45) is 3.44. The molecule has 0 amide bonds. The number of ketones is 1. The standard InChI is InChI=1S/C13H13FN2O/c14-9-3-1-4-10-12(9)8(7-16-10)13(17)11-5-2-6-15-11/h1,3-4,7,11,15-16H,2,5-6H2/t11-/m0/s1. The monoisotopic (exact) mass is 232 g/mol. The van der Waals surface area contributed by atoms with Gasteiger partial charge in [-0.05, 0) is 31.5 Å². The van der Waals surface area contributed by atoms with E-state index in [4.69, 9.17) is 0 Å². The molecule has 1 fully saturated rings. The molecule has 17 heavy (non-hydrogen) atoms. The molecule has 0 aliphatic carbocycles. The van der Waals surface area contributed by atoms with Crippen LogP contribution in [0.2, 0.25) is 0 Å². The summed E-state index contributed by atoms with van der Waals surface area (Å²) < 4.78 is 13.7. The first kappa shape index (κ1) is 10.5. The highest BCUT2D eigenvalue weighted by molar-refractivity contribution is 6.10. The van der Waals surface area contributed by atoms with Crippen LogP contribution in [0.25, 0.3) is 10.9 Å². The van der Waals surface area contributed by atoms with Gasteiger partial charge in [-0.3, -0.25) is 4.79 Å². The summed E-state index contributed by atoms with van der Waals surface area (Å²) >= 11 is 0. The molecule has 1 atom stereocenters. The molecule has 1 aromatic heterocycles. The fraction of sp³-hybridized carbons (Fsp3) is 0.308. The van der Waals surface area contributed by atoms with Crippen molar-refractivity contribution in [3.63, 3.8) is 0 Å². The van der Waals surface area contributed by atoms with E-state index < -0.39 is 0 Å². The number of halogens is 1. The number of carbonyl (C=O) groups excluding carboxylic acids is 1.